The molecular weight excluding hydrogens is 264 g/mol. The minimum Gasteiger partial charge on any atom is -0.462 e. The normalized spacial score (nSPS) is 10.5. The fourth-order valence-electron chi connectivity index (χ4n) is 2.04. The van der Waals surface area contributed by atoms with Crippen LogP contribution in [0.3, 0.4) is 0 Å². The summed E-state index contributed by atoms with van der Waals surface area (Å²) in [6.07, 6.45) is 5.74. The molecule has 1 aromatic carbocycles. The number of ether oxygens (including phenoxy) is 1. The number of nitrogens with zero attached hydrogens (tertiary/aromatic N) is 2. The minimum atomic E-state index is -0.341. The molecule has 0 aliphatic carbocycles. The first-order chi connectivity index (χ1) is 10.2. The molecule has 0 fully saturated rings. The van der Waals surface area contributed by atoms with Crippen molar-refractivity contribution in [1.82, 2.24) is 4.57 Å². The van der Waals surface area contributed by atoms with Gasteiger partial charge in [-0.2, -0.15) is 5.26 Å². The summed E-state index contributed by atoms with van der Waals surface area (Å²) in [5.41, 5.74) is 2.84. The Balaban J connectivity index is 2.35. The van der Waals surface area contributed by atoms with Gasteiger partial charge in [0.25, 0.3) is 0 Å². The zero-order valence-electron chi connectivity index (χ0n) is 12.0. The van der Waals surface area contributed by atoms with E-state index in [1.54, 1.807) is 35.8 Å². The van der Waals surface area contributed by atoms with Crippen LogP contribution in [-0.2, 0) is 4.74 Å². The monoisotopic (exact) mass is 280 g/mol. The molecule has 0 aliphatic heterocycles. The highest BCUT2D eigenvalue weighted by atomic mass is 16.5. The number of hydrogen-bond acceptors (Lipinski definition) is 3. The molecule has 0 bridgehead atoms. The van der Waals surface area contributed by atoms with E-state index in [0.29, 0.717) is 17.9 Å². The molecule has 0 unspecified atom stereocenters. The Morgan fingerprint density at radius 2 is 2.10 bits per heavy atom. The summed E-state index contributed by atoms with van der Waals surface area (Å²) in [5, 5.41) is 9.21. The first-order valence-electron chi connectivity index (χ1n) is 6.72. The number of allylic oxidation sites excluding steroid dienone is 1. The van der Waals surface area contributed by atoms with E-state index >= 15 is 0 Å². The second-order valence-corrected chi connectivity index (χ2v) is 4.41. The third-order valence-corrected chi connectivity index (χ3v) is 2.97. The summed E-state index contributed by atoms with van der Waals surface area (Å²) in [6, 6.07) is 11.0. The molecule has 106 valence electrons. The van der Waals surface area contributed by atoms with Crippen molar-refractivity contribution in [3.05, 3.63) is 59.4 Å². The van der Waals surface area contributed by atoms with Crippen LogP contribution in [0.5, 0.6) is 0 Å². The van der Waals surface area contributed by atoms with Crippen molar-refractivity contribution in [2.75, 3.05) is 6.61 Å². The van der Waals surface area contributed by atoms with Gasteiger partial charge in [-0.05, 0) is 49.7 Å². The van der Waals surface area contributed by atoms with E-state index < -0.39 is 0 Å². The Morgan fingerprint density at radius 1 is 1.38 bits per heavy atom. The molecule has 4 nitrogen and oxygen atoms in total. The highest BCUT2D eigenvalue weighted by Crippen LogP contribution is 2.17. The number of rotatable bonds is 4. The molecule has 21 heavy (non-hydrogen) atoms. The van der Waals surface area contributed by atoms with E-state index in [2.05, 4.69) is 6.07 Å². The highest BCUT2D eigenvalue weighted by molar-refractivity contribution is 5.89. The molecule has 2 rings (SSSR count). The van der Waals surface area contributed by atoms with Crippen LogP contribution in [0.25, 0.3) is 11.8 Å². The highest BCUT2D eigenvalue weighted by Gasteiger charge is 2.09. The van der Waals surface area contributed by atoms with Gasteiger partial charge in [0.05, 0.1) is 12.2 Å². The summed E-state index contributed by atoms with van der Waals surface area (Å²) < 4.78 is 6.74. The number of nitriles is 1. The summed E-state index contributed by atoms with van der Waals surface area (Å²) in [5.74, 6) is -0.341. The topological polar surface area (TPSA) is 55.0 Å². The van der Waals surface area contributed by atoms with Gasteiger partial charge in [-0.25, -0.2) is 4.79 Å². The number of carbonyl (C=O) groups is 1. The van der Waals surface area contributed by atoms with Crippen molar-refractivity contribution in [2.24, 2.45) is 0 Å². The van der Waals surface area contributed by atoms with E-state index in [0.717, 1.165) is 11.3 Å². The number of esters is 1. The number of benzene rings is 1. The third-order valence-electron chi connectivity index (χ3n) is 2.97. The lowest BCUT2D eigenvalue weighted by atomic mass is 10.2. The van der Waals surface area contributed by atoms with Crippen molar-refractivity contribution < 1.29 is 9.53 Å². The zero-order chi connectivity index (χ0) is 15.2. The zero-order valence-corrected chi connectivity index (χ0v) is 12.0. The Hall–Kier alpha value is -2.80. The maximum Gasteiger partial charge on any atom is 0.338 e. The van der Waals surface area contributed by atoms with Gasteiger partial charge in [-0.1, -0.05) is 12.2 Å². The van der Waals surface area contributed by atoms with E-state index in [1.807, 2.05) is 31.3 Å². The Morgan fingerprint density at radius 3 is 2.67 bits per heavy atom. The van der Waals surface area contributed by atoms with Gasteiger partial charge in [0.2, 0.25) is 0 Å². The minimum absolute atomic E-state index is 0.341. The predicted molar refractivity (Wildman–Crippen MR) is 81.1 cm³/mol. The van der Waals surface area contributed by atoms with Gasteiger partial charge in [0, 0.05) is 11.9 Å². The molecule has 0 saturated carbocycles. The summed E-state index contributed by atoms with van der Waals surface area (Å²) >= 11 is 0. The molecular formula is C17H16N2O2. The molecule has 0 saturated heterocycles. The lowest BCUT2D eigenvalue weighted by Crippen LogP contribution is -2.04. The van der Waals surface area contributed by atoms with Crippen LogP contribution < -0.4 is 0 Å². The molecule has 4 heteroatoms. The molecule has 0 N–H and O–H groups in total. The summed E-state index contributed by atoms with van der Waals surface area (Å²) in [6.45, 7) is 4.05. The predicted octanol–water partition coefficient (Wildman–Crippen LogP) is 3.56. The van der Waals surface area contributed by atoms with E-state index in [4.69, 9.17) is 4.74 Å². The van der Waals surface area contributed by atoms with Gasteiger partial charge in [0.1, 0.15) is 11.8 Å². The van der Waals surface area contributed by atoms with Gasteiger partial charge < -0.3 is 9.30 Å². The SMILES string of the molecule is CC=Cc1cc(C#N)n(-c2ccc(C(=O)OCC)cc2)c1. The van der Waals surface area contributed by atoms with Crippen LogP contribution in [0.15, 0.2) is 42.6 Å². The average molecular weight is 280 g/mol. The first-order valence-corrected chi connectivity index (χ1v) is 6.72. The maximum absolute atomic E-state index is 11.6. The summed E-state index contributed by atoms with van der Waals surface area (Å²) in [4.78, 5) is 11.6. The van der Waals surface area contributed by atoms with Crippen LogP contribution in [0, 0.1) is 11.3 Å². The fourth-order valence-corrected chi connectivity index (χ4v) is 2.04. The Labute approximate surface area is 123 Å². The molecule has 0 radical (unpaired) electrons. The molecule has 1 aromatic heterocycles. The van der Waals surface area contributed by atoms with Crippen LogP contribution in [0.1, 0.15) is 35.5 Å². The van der Waals surface area contributed by atoms with E-state index in [9.17, 15) is 10.1 Å². The van der Waals surface area contributed by atoms with Crippen molar-refractivity contribution in [3.8, 4) is 11.8 Å². The van der Waals surface area contributed by atoms with Gasteiger partial charge >= 0.3 is 5.97 Å². The quantitative estimate of drug-likeness (QED) is 0.805. The average Bonchev–Trinajstić information content (AvgIpc) is 2.91. The second-order valence-electron chi connectivity index (χ2n) is 4.41. The van der Waals surface area contributed by atoms with Crippen molar-refractivity contribution in [3.63, 3.8) is 0 Å². The van der Waals surface area contributed by atoms with Gasteiger partial charge in [-0.15, -0.1) is 0 Å². The van der Waals surface area contributed by atoms with Crippen LogP contribution in [0.2, 0.25) is 0 Å². The number of carbonyl (C=O) groups excluding carboxylic acids is 1. The maximum atomic E-state index is 11.6. The molecule has 0 atom stereocenters. The second kappa shape index (κ2) is 6.58. The van der Waals surface area contributed by atoms with Crippen LogP contribution in [0.4, 0.5) is 0 Å². The van der Waals surface area contributed by atoms with Gasteiger partial charge in [0.15, 0.2) is 0 Å². The number of hydrogen-bond donors (Lipinski definition) is 0. The summed E-state index contributed by atoms with van der Waals surface area (Å²) in [7, 11) is 0. The molecule has 1 heterocycles. The Kier molecular flexibility index (Phi) is 4.57. The van der Waals surface area contributed by atoms with Crippen LogP contribution in [-0.4, -0.2) is 17.1 Å². The standard InChI is InChI=1S/C17H16N2O2/c1-3-5-13-10-16(11-18)19(12-13)15-8-6-14(7-9-15)17(20)21-4-2/h3,5-10,12H,4H2,1-2H3. The lowest BCUT2D eigenvalue weighted by molar-refractivity contribution is 0.0526. The molecule has 0 spiro atoms. The molecule has 0 aliphatic rings. The largest absolute Gasteiger partial charge is 0.462 e. The molecule has 2 aromatic rings. The lowest BCUT2D eigenvalue weighted by Gasteiger charge is -2.06. The van der Waals surface area contributed by atoms with Crippen LogP contribution >= 0.6 is 0 Å². The van der Waals surface area contributed by atoms with E-state index in [-0.39, 0.29) is 5.97 Å². The fraction of sp³-hybridized carbons (Fsp3) is 0.176. The van der Waals surface area contributed by atoms with Crippen molar-refractivity contribution >= 4 is 12.0 Å². The van der Waals surface area contributed by atoms with Crippen molar-refractivity contribution in [1.29, 1.82) is 5.26 Å². The van der Waals surface area contributed by atoms with E-state index in [1.165, 1.54) is 0 Å². The molecule has 0 amide bonds. The third kappa shape index (κ3) is 3.21. The Bertz CT molecular complexity index is 703. The number of aromatic nitrogens is 1. The van der Waals surface area contributed by atoms with Crippen molar-refractivity contribution in [2.45, 2.75) is 13.8 Å². The van der Waals surface area contributed by atoms with Gasteiger partial charge in [-0.3, -0.25) is 0 Å². The smallest absolute Gasteiger partial charge is 0.338 e. The first kappa shape index (κ1) is 14.6.